The number of pyridine rings is 1. The molecule has 3 rings (SSSR count). The van der Waals surface area contributed by atoms with E-state index < -0.39 is 17.1 Å². The number of carboxylic acid groups (broad SMARTS) is 1. The predicted molar refractivity (Wildman–Crippen MR) is 74.2 cm³/mol. The molecule has 96 valence electrons. The molecule has 0 saturated carbocycles. The lowest BCUT2D eigenvalue weighted by Gasteiger charge is -2.04. The molecule has 1 unspecified atom stereocenters. The van der Waals surface area contributed by atoms with E-state index in [9.17, 15) is 14.5 Å². The van der Waals surface area contributed by atoms with Gasteiger partial charge >= 0.3 is 5.97 Å². The molecule has 0 radical (unpaired) electrons. The number of hydrogen-bond acceptors (Lipinski definition) is 2. The van der Waals surface area contributed by atoms with Gasteiger partial charge in [-0.3, -0.25) is 0 Å². The smallest absolute Gasteiger partial charge is 0.338 e. The molecule has 4 nitrogen and oxygen atoms in total. The van der Waals surface area contributed by atoms with Crippen LogP contribution in [0.5, 0.6) is 0 Å². The molecule has 0 spiro atoms. The van der Waals surface area contributed by atoms with E-state index in [1.165, 1.54) is 0 Å². The Morgan fingerprint density at radius 3 is 2.74 bits per heavy atom. The van der Waals surface area contributed by atoms with Crippen LogP contribution >= 0.6 is 0 Å². The van der Waals surface area contributed by atoms with Gasteiger partial charge in [-0.1, -0.05) is 6.07 Å². The summed E-state index contributed by atoms with van der Waals surface area (Å²) in [6.45, 7) is 0. The van der Waals surface area contributed by atoms with Crippen LogP contribution in [0.15, 0.2) is 47.5 Å². The number of aromatic carboxylic acids is 1. The molecule has 3 aromatic rings. The van der Waals surface area contributed by atoms with Crippen LogP contribution in [0, 0.1) is 0 Å². The standard InChI is InChI=1S/C14H11NO3S/c1-19(18)9-5-6-10-12(8-9)15-7-3-2-4-11(15)13(10)14(16)17/h2-8H,1H3,(H,16,17). The summed E-state index contributed by atoms with van der Waals surface area (Å²) in [5, 5.41) is 10.0. The topological polar surface area (TPSA) is 64.8 Å². The van der Waals surface area contributed by atoms with Crippen molar-refractivity contribution in [2.75, 3.05) is 6.26 Å². The normalized spacial score (nSPS) is 12.9. The molecule has 0 bridgehead atoms. The molecule has 0 aliphatic heterocycles. The minimum Gasteiger partial charge on any atom is -0.612 e. The van der Waals surface area contributed by atoms with E-state index >= 15 is 0 Å². The van der Waals surface area contributed by atoms with Gasteiger partial charge in [-0.2, -0.15) is 0 Å². The summed E-state index contributed by atoms with van der Waals surface area (Å²) in [5.41, 5.74) is 1.69. The largest absolute Gasteiger partial charge is 0.612 e. The van der Waals surface area contributed by atoms with Crippen molar-refractivity contribution in [2.45, 2.75) is 4.90 Å². The van der Waals surface area contributed by atoms with E-state index in [1.54, 1.807) is 36.6 Å². The fraction of sp³-hybridized carbons (Fsp3) is 0.0714. The summed E-state index contributed by atoms with van der Waals surface area (Å²) < 4.78 is 13.4. The molecule has 0 saturated heterocycles. The maximum atomic E-state index is 11.6. The first kappa shape index (κ1) is 12.1. The monoisotopic (exact) mass is 273 g/mol. The third kappa shape index (κ3) is 1.78. The molecule has 0 aliphatic rings. The first-order valence-corrected chi connectivity index (χ1v) is 7.25. The predicted octanol–water partition coefficient (Wildman–Crippen LogP) is 2.53. The summed E-state index contributed by atoms with van der Waals surface area (Å²) in [5.74, 6) is -0.955. The van der Waals surface area contributed by atoms with Crippen molar-refractivity contribution in [3.63, 3.8) is 0 Å². The summed E-state index contributed by atoms with van der Waals surface area (Å²) in [7, 11) is 0. The summed E-state index contributed by atoms with van der Waals surface area (Å²) in [6.07, 6.45) is 3.42. The second-order valence-corrected chi connectivity index (χ2v) is 5.65. The highest BCUT2D eigenvalue weighted by molar-refractivity contribution is 7.90. The first-order chi connectivity index (χ1) is 9.09. The molecule has 2 aromatic heterocycles. The van der Waals surface area contributed by atoms with Crippen LogP contribution in [0.4, 0.5) is 0 Å². The number of fused-ring (bicyclic) bond motifs is 3. The fourth-order valence-corrected chi connectivity index (χ4v) is 2.86. The van der Waals surface area contributed by atoms with E-state index in [0.717, 1.165) is 5.52 Å². The van der Waals surface area contributed by atoms with Crippen molar-refractivity contribution in [1.82, 2.24) is 4.40 Å². The van der Waals surface area contributed by atoms with Crippen molar-refractivity contribution in [1.29, 1.82) is 0 Å². The lowest BCUT2D eigenvalue weighted by Crippen LogP contribution is -1.97. The van der Waals surface area contributed by atoms with Crippen LogP contribution in [0.1, 0.15) is 10.4 Å². The zero-order valence-corrected chi connectivity index (χ0v) is 11.0. The molecule has 0 amide bonds. The molecular weight excluding hydrogens is 262 g/mol. The zero-order valence-electron chi connectivity index (χ0n) is 10.2. The third-order valence-corrected chi connectivity index (χ3v) is 4.08. The first-order valence-electron chi connectivity index (χ1n) is 5.69. The molecule has 1 atom stereocenters. The average molecular weight is 273 g/mol. The highest BCUT2D eigenvalue weighted by Gasteiger charge is 2.18. The molecule has 2 heterocycles. The van der Waals surface area contributed by atoms with Gasteiger partial charge in [0.2, 0.25) is 0 Å². The van der Waals surface area contributed by atoms with Gasteiger partial charge in [0.05, 0.1) is 16.6 Å². The van der Waals surface area contributed by atoms with Gasteiger partial charge in [0.15, 0.2) is 4.90 Å². The Morgan fingerprint density at radius 1 is 1.26 bits per heavy atom. The second-order valence-electron chi connectivity index (χ2n) is 4.27. The fourth-order valence-electron chi connectivity index (χ4n) is 2.32. The summed E-state index contributed by atoms with van der Waals surface area (Å²) in [6, 6.07) is 10.6. The van der Waals surface area contributed by atoms with Crippen LogP contribution < -0.4 is 0 Å². The van der Waals surface area contributed by atoms with Gasteiger partial charge in [-0.05, 0) is 35.4 Å². The second kappa shape index (κ2) is 4.29. The van der Waals surface area contributed by atoms with Crippen LogP contribution in [-0.2, 0) is 11.2 Å². The molecule has 1 N–H and O–H groups in total. The number of nitrogens with zero attached hydrogens (tertiary/aromatic N) is 1. The summed E-state index contributed by atoms with van der Waals surface area (Å²) >= 11 is -1.09. The van der Waals surface area contributed by atoms with E-state index in [0.29, 0.717) is 15.8 Å². The van der Waals surface area contributed by atoms with E-state index in [1.807, 2.05) is 16.7 Å². The van der Waals surface area contributed by atoms with Crippen LogP contribution in [0.25, 0.3) is 16.4 Å². The van der Waals surface area contributed by atoms with Crippen LogP contribution in [-0.4, -0.2) is 26.3 Å². The third-order valence-electron chi connectivity index (χ3n) is 3.16. The lowest BCUT2D eigenvalue weighted by atomic mass is 10.1. The molecule has 19 heavy (non-hydrogen) atoms. The molecule has 5 heteroatoms. The van der Waals surface area contributed by atoms with Gasteiger partial charge in [0.25, 0.3) is 0 Å². The minimum absolute atomic E-state index is 0.282. The average Bonchev–Trinajstić information content (AvgIpc) is 2.72. The van der Waals surface area contributed by atoms with E-state index in [2.05, 4.69) is 0 Å². The number of carboxylic acids is 1. The van der Waals surface area contributed by atoms with E-state index in [4.69, 9.17) is 0 Å². The highest BCUT2D eigenvalue weighted by atomic mass is 32.2. The maximum Gasteiger partial charge on any atom is 0.338 e. The van der Waals surface area contributed by atoms with Gasteiger partial charge in [0, 0.05) is 17.6 Å². The quantitative estimate of drug-likeness (QED) is 0.730. The molecule has 1 aromatic carbocycles. The van der Waals surface area contributed by atoms with Crippen molar-refractivity contribution in [3.05, 3.63) is 48.2 Å². The Balaban J connectivity index is 2.49. The van der Waals surface area contributed by atoms with Crippen molar-refractivity contribution < 1.29 is 14.5 Å². The summed E-state index contributed by atoms with van der Waals surface area (Å²) in [4.78, 5) is 12.1. The van der Waals surface area contributed by atoms with Crippen LogP contribution in [0.3, 0.4) is 0 Å². The molecule has 0 aliphatic carbocycles. The maximum absolute atomic E-state index is 11.6. The number of aromatic nitrogens is 1. The minimum atomic E-state index is -1.09. The zero-order chi connectivity index (χ0) is 13.6. The van der Waals surface area contributed by atoms with Crippen molar-refractivity contribution >= 4 is 33.6 Å². The number of carbonyl (C=O) groups is 1. The van der Waals surface area contributed by atoms with Gasteiger partial charge in [-0.15, -0.1) is 0 Å². The highest BCUT2D eigenvalue weighted by Crippen LogP contribution is 2.28. The number of benzene rings is 1. The SMILES string of the molecule is C[S+]([O-])c1ccc2c(C(=O)O)c3ccccn3c2c1. The van der Waals surface area contributed by atoms with Crippen LogP contribution in [0.2, 0.25) is 0 Å². The Labute approximate surface area is 112 Å². The Hall–Kier alpha value is -1.98. The molecule has 0 fully saturated rings. The van der Waals surface area contributed by atoms with Crippen molar-refractivity contribution in [2.24, 2.45) is 0 Å². The molecular formula is C14H11NO3S. The Kier molecular flexibility index (Phi) is 2.73. The van der Waals surface area contributed by atoms with Gasteiger partial charge < -0.3 is 14.1 Å². The van der Waals surface area contributed by atoms with Gasteiger partial charge in [-0.25, -0.2) is 4.79 Å². The lowest BCUT2D eigenvalue weighted by molar-refractivity contribution is 0.0701. The number of hydrogen-bond donors (Lipinski definition) is 1. The Morgan fingerprint density at radius 2 is 2.05 bits per heavy atom. The number of rotatable bonds is 2. The Bertz CT molecular complexity index is 792. The van der Waals surface area contributed by atoms with E-state index in [-0.39, 0.29) is 5.56 Å². The van der Waals surface area contributed by atoms with Gasteiger partial charge in [0.1, 0.15) is 6.26 Å². The van der Waals surface area contributed by atoms with Crippen molar-refractivity contribution in [3.8, 4) is 0 Å².